The minimum Gasteiger partial charge on any atom is -0.491 e. The largest absolute Gasteiger partial charge is 0.491 e. The summed E-state index contributed by atoms with van der Waals surface area (Å²) in [7, 11) is 0. The van der Waals surface area contributed by atoms with Crippen LogP contribution in [0, 0.1) is 12.7 Å². The van der Waals surface area contributed by atoms with Crippen molar-refractivity contribution < 1.29 is 19.0 Å². The molecule has 1 aliphatic rings. The van der Waals surface area contributed by atoms with Crippen molar-refractivity contribution in [1.82, 2.24) is 10.2 Å². The van der Waals surface area contributed by atoms with Gasteiger partial charge in [-0.1, -0.05) is 29.8 Å². The molecule has 2 aromatic rings. The van der Waals surface area contributed by atoms with Crippen LogP contribution in [0.1, 0.15) is 24.0 Å². The van der Waals surface area contributed by atoms with E-state index in [1.807, 2.05) is 36.1 Å². The van der Waals surface area contributed by atoms with Crippen molar-refractivity contribution in [2.45, 2.75) is 31.9 Å². The number of hydrogen-bond donors (Lipinski definition) is 2. The first kappa shape index (κ1) is 20.3. The summed E-state index contributed by atoms with van der Waals surface area (Å²) in [5.41, 5.74) is 1.02. The average molecular weight is 386 g/mol. The summed E-state index contributed by atoms with van der Waals surface area (Å²) < 4.78 is 18.9. The molecule has 0 spiro atoms. The monoisotopic (exact) mass is 386 g/mol. The SMILES string of the molecule is Cc1ccc(OCC2(O)CCN(CC(=O)NCc3cccc(F)c3)CC2)cc1. The van der Waals surface area contributed by atoms with Gasteiger partial charge in [-0.3, -0.25) is 9.69 Å². The highest BCUT2D eigenvalue weighted by Crippen LogP contribution is 2.24. The highest BCUT2D eigenvalue weighted by molar-refractivity contribution is 5.78. The van der Waals surface area contributed by atoms with Crippen molar-refractivity contribution in [1.29, 1.82) is 0 Å². The van der Waals surface area contributed by atoms with Crippen LogP contribution in [0.5, 0.6) is 5.75 Å². The summed E-state index contributed by atoms with van der Waals surface area (Å²) >= 11 is 0. The van der Waals surface area contributed by atoms with E-state index < -0.39 is 5.60 Å². The number of likely N-dealkylation sites (tertiary alicyclic amines) is 1. The number of piperidine rings is 1. The first-order chi connectivity index (χ1) is 13.4. The van der Waals surface area contributed by atoms with Gasteiger partial charge in [-0.2, -0.15) is 0 Å². The molecule has 0 atom stereocenters. The predicted molar refractivity (Wildman–Crippen MR) is 106 cm³/mol. The minimum absolute atomic E-state index is 0.106. The standard InChI is InChI=1S/C22H27FN2O3/c1-17-5-7-20(8-6-17)28-16-22(27)9-11-25(12-10-22)15-21(26)24-14-18-3-2-4-19(23)13-18/h2-8,13,27H,9-12,14-16H2,1H3,(H,24,26). The molecule has 28 heavy (non-hydrogen) atoms. The molecule has 1 aliphatic heterocycles. The molecule has 1 saturated heterocycles. The van der Waals surface area contributed by atoms with Crippen molar-refractivity contribution in [2.24, 2.45) is 0 Å². The molecule has 0 radical (unpaired) electrons. The van der Waals surface area contributed by atoms with E-state index in [4.69, 9.17) is 4.74 Å². The lowest BCUT2D eigenvalue weighted by molar-refractivity contribution is -0.124. The van der Waals surface area contributed by atoms with Gasteiger partial charge in [0.1, 0.15) is 23.8 Å². The molecule has 1 heterocycles. The third-order valence-electron chi connectivity index (χ3n) is 5.06. The number of nitrogens with one attached hydrogen (secondary N) is 1. The van der Waals surface area contributed by atoms with Crippen LogP contribution in [-0.4, -0.2) is 47.8 Å². The number of amides is 1. The minimum atomic E-state index is -0.876. The second kappa shape index (κ2) is 9.17. The van der Waals surface area contributed by atoms with Crippen LogP contribution in [0.15, 0.2) is 48.5 Å². The molecular formula is C22H27FN2O3. The third kappa shape index (κ3) is 6.04. The fraction of sp³-hybridized carbons (Fsp3) is 0.409. The molecule has 0 aliphatic carbocycles. The molecule has 2 aromatic carbocycles. The summed E-state index contributed by atoms with van der Waals surface area (Å²) in [4.78, 5) is 14.2. The molecule has 2 N–H and O–H groups in total. The predicted octanol–water partition coefficient (Wildman–Crippen LogP) is 2.66. The fourth-order valence-corrected chi connectivity index (χ4v) is 3.23. The van der Waals surface area contributed by atoms with Gasteiger partial charge in [0.2, 0.25) is 5.91 Å². The third-order valence-corrected chi connectivity index (χ3v) is 5.06. The van der Waals surface area contributed by atoms with E-state index in [0.29, 0.717) is 32.5 Å². The number of rotatable bonds is 7. The van der Waals surface area contributed by atoms with Crippen molar-refractivity contribution in [3.05, 3.63) is 65.5 Å². The summed E-state index contributed by atoms with van der Waals surface area (Å²) in [6.07, 6.45) is 1.10. The maximum Gasteiger partial charge on any atom is 0.234 e. The van der Waals surface area contributed by atoms with Gasteiger partial charge in [-0.25, -0.2) is 4.39 Å². The van der Waals surface area contributed by atoms with Gasteiger partial charge in [0.25, 0.3) is 0 Å². The molecule has 3 rings (SSSR count). The maximum atomic E-state index is 13.2. The van der Waals surface area contributed by atoms with E-state index in [2.05, 4.69) is 5.32 Å². The maximum absolute atomic E-state index is 13.2. The number of halogens is 1. The summed E-state index contributed by atoms with van der Waals surface area (Å²) in [6, 6.07) is 13.9. The molecule has 0 saturated carbocycles. The Kier molecular flexibility index (Phi) is 6.65. The molecule has 150 valence electrons. The Morgan fingerprint density at radius 1 is 1.21 bits per heavy atom. The normalized spacial score (nSPS) is 16.5. The first-order valence-electron chi connectivity index (χ1n) is 9.57. The zero-order valence-corrected chi connectivity index (χ0v) is 16.2. The van der Waals surface area contributed by atoms with Crippen LogP contribution in [0.2, 0.25) is 0 Å². The zero-order chi connectivity index (χ0) is 20.0. The Balaban J connectivity index is 1.39. The average Bonchev–Trinajstić information content (AvgIpc) is 2.68. The topological polar surface area (TPSA) is 61.8 Å². The van der Waals surface area contributed by atoms with Crippen LogP contribution < -0.4 is 10.1 Å². The van der Waals surface area contributed by atoms with Gasteiger partial charge in [0.05, 0.1) is 6.54 Å². The second-order valence-electron chi connectivity index (χ2n) is 7.51. The molecule has 1 amide bonds. The number of ether oxygens (including phenoxy) is 1. The van der Waals surface area contributed by atoms with Gasteiger partial charge in [-0.05, 0) is 49.6 Å². The quantitative estimate of drug-likeness (QED) is 0.768. The summed E-state index contributed by atoms with van der Waals surface area (Å²) in [5, 5.41) is 13.5. The number of carbonyl (C=O) groups is 1. The van der Waals surface area contributed by atoms with E-state index in [-0.39, 0.29) is 24.9 Å². The Morgan fingerprint density at radius 2 is 1.93 bits per heavy atom. The van der Waals surface area contributed by atoms with E-state index in [1.165, 1.54) is 12.1 Å². The molecule has 1 fully saturated rings. The van der Waals surface area contributed by atoms with Gasteiger partial charge in [0.15, 0.2) is 0 Å². The van der Waals surface area contributed by atoms with Crippen LogP contribution in [0.3, 0.4) is 0 Å². The van der Waals surface area contributed by atoms with E-state index in [1.54, 1.807) is 12.1 Å². The molecule has 0 bridgehead atoms. The van der Waals surface area contributed by atoms with E-state index >= 15 is 0 Å². The van der Waals surface area contributed by atoms with Crippen molar-refractivity contribution in [3.8, 4) is 5.75 Å². The highest BCUT2D eigenvalue weighted by atomic mass is 19.1. The number of aryl methyl sites for hydroxylation is 1. The van der Waals surface area contributed by atoms with Crippen LogP contribution in [0.4, 0.5) is 4.39 Å². The van der Waals surface area contributed by atoms with Crippen LogP contribution >= 0.6 is 0 Å². The summed E-state index contributed by atoms with van der Waals surface area (Å²) in [5.74, 6) is 0.332. The zero-order valence-electron chi connectivity index (χ0n) is 16.2. The number of benzene rings is 2. The number of nitrogens with zero attached hydrogens (tertiary/aromatic N) is 1. The van der Waals surface area contributed by atoms with Gasteiger partial charge < -0.3 is 15.2 Å². The number of aliphatic hydroxyl groups is 1. The van der Waals surface area contributed by atoms with Crippen molar-refractivity contribution >= 4 is 5.91 Å². The Bertz CT molecular complexity index is 787. The molecule has 5 nitrogen and oxygen atoms in total. The van der Waals surface area contributed by atoms with Gasteiger partial charge >= 0.3 is 0 Å². The highest BCUT2D eigenvalue weighted by Gasteiger charge is 2.33. The Hall–Kier alpha value is -2.44. The van der Waals surface area contributed by atoms with Crippen molar-refractivity contribution in [2.75, 3.05) is 26.2 Å². The van der Waals surface area contributed by atoms with Crippen LogP contribution in [0.25, 0.3) is 0 Å². The number of carbonyl (C=O) groups excluding carboxylic acids is 1. The first-order valence-corrected chi connectivity index (χ1v) is 9.57. The van der Waals surface area contributed by atoms with Gasteiger partial charge in [0, 0.05) is 19.6 Å². The number of hydrogen-bond acceptors (Lipinski definition) is 4. The Morgan fingerprint density at radius 3 is 2.61 bits per heavy atom. The van der Waals surface area contributed by atoms with E-state index in [0.717, 1.165) is 16.9 Å². The lowest BCUT2D eigenvalue weighted by Gasteiger charge is -2.37. The lowest BCUT2D eigenvalue weighted by Crippen LogP contribution is -2.50. The Labute approximate surface area is 165 Å². The van der Waals surface area contributed by atoms with E-state index in [9.17, 15) is 14.3 Å². The molecule has 0 aromatic heterocycles. The molecule has 6 heteroatoms. The summed E-state index contributed by atoms with van der Waals surface area (Å²) in [6.45, 7) is 4.09. The molecule has 0 unspecified atom stereocenters. The lowest BCUT2D eigenvalue weighted by atomic mass is 9.92. The van der Waals surface area contributed by atoms with Crippen LogP contribution in [-0.2, 0) is 11.3 Å². The molecular weight excluding hydrogens is 359 g/mol. The fourth-order valence-electron chi connectivity index (χ4n) is 3.23. The van der Waals surface area contributed by atoms with Crippen molar-refractivity contribution in [3.63, 3.8) is 0 Å². The second-order valence-corrected chi connectivity index (χ2v) is 7.51. The van der Waals surface area contributed by atoms with Gasteiger partial charge in [-0.15, -0.1) is 0 Å². The smallest absolute Gasteiger partial charge is 0.234 e.